The molecule has 0 amide bonds. The second-order valence-corrected chi connectivity index (χ2v) is 5.26. The molecule has 116 valence electrons. The van der Waals surface area contributed by atoms with Crippen LogP contribution < -0.4 is 10.6 Å². The Kier molecular flexibility index (Phi) is 4.62. The van der Waals surface area contributed by atoms with Gasteiger partial charge in [0.25, 0.3) is 0 Å². The van der Waals surface area contributed by atoms with Gasteiger partial charge in [-0.1, -0.05) is 12.1 Å². The van der Waals surface area contributed by atoms with Crippen molar-refractivity contribution in [3.63, 3.8) is 0 Å². The van der Waals surface area contributed by atoms with Gasteiger partial charge in [0, 0.05) is 25.8 Å². The number of hydrogen-bond donors (Lipinski definition) is 2. The van der Waals surface area contributed by atoms with Crippen molar-refractivity contribution < 1.29 is 18.7 Å². The number of oxime groups is 1. The number of rotatable bonds is 3. The Morgan fingerprint density at radius 1 is 1.43 bits per heavy atom. The highest BCUT2D eigenvalue weighted by Gasteiger charge is 2.29. The van der Waals surface area contributed by atoms with Gasteiger partial charge in [-0.15, -0.1) is 0 Å². The minimum atomic E-state index is -0.735. The van der Waals surface area contributed by atoms with Gasteiger partial charge in [-0.25, -0.2) is 8.78 Å². The van der Waals surface area contributed by atoms with Crippen molar-refractivity contribution in [2.75, 3.05) is 25.1 Å². The molecule has 5 nitrogen and oxygen atoms in total. The zero-order valence-electron chi connectivity index (χ0n) is 12.0. The fraction of sp³-hybridized carbons (Fsp3) is 0.500. The molecule has 0 radical (unpaired) electrons. The fourth-order valence-corrected chi connectivity index (χ4v) is 2.62. The third kappa shape index (κ3) is 3.07. The highest BCUT2D eigenvalue weighted by atomic mass is 19.1. The van der Waals surface area contributed by atoms with Crippen molar-refractivity contribution in [3.05, 3.63) is 29.3 Å². The molecular weight excluding hydrogens is 280 g/mol. The lowest BCUT2D eigenvalue weighted by Crippen LogP contribution is -2.44. The van der Waals surface area contributed by atoms with E-state index >= 15 is 0 Å². The summed E-state index contributed by atoms with van der Waals surface area (Å²) in [6.07, 6.45) is 0.723. The molecule has 1 heterocycles. The van der Waals surface area contributed by atoms with Crippen molar-refractivity contribution in [1.29, 1.82) is 0 Å². The van der Waals surface area contributed by atoms with Gasteiger partial charge in [-0.2, -0.15) is 0 Å². The normalized spacial score (nSPS) is 23.4. The van der Waals surface area contributed by atoms with Crippen LogP contribution in [0.3, 0.4) is 0 Å². The SMILES string of the molecule is COC1CN(c2c(F)cc(C(N)=NO)cc2F)CCC1C. The summed E-state index contributed by atoms with van der Waals surface area (Å²) in [6, 6.07) is 2.13. The van der Waals surface area contributed by atoms with E-state index in [-0.39, 0.29) is 23.2 Å². The number of ether oxygens (including phenoxy) is 1. The molecule has 1 aliphatic rings. The van der Waals surface area contributed by atoms with E-state index in [2.05, 4.69) is 12.1 Å². The summed E-state index contributed by atoms with van der Waals surface area (Å²) in [5, 5.41) is 11.3. The van der Waals surface area contributed by atoms with Gasteiger partial charge >= 0.3 is 0 Å². The van der Waals surface area contributed by atoms with Crippen LogP contribution in [-0.2, 0) is 4.74 Å². The number of hydrogen-bond acceptors (Lipinski definition) is 4. The Labute approximate surface area is 122 Å². The van der Waals surface area contributed by atoms with E-state index in [4.69, 9.17) is 15.7 Å². The first-order valence-corrected chi connectivity index (χ1v) is 6.72. The minimum Gasteiger partial charge on any atom is -0.409 e. The number of methoxy groups -OCH3 is 1. The molecular formula is C14H19F2N3O2. The Morgan fingerprint density at radius 3 is 2.57 bits per heavy atom. The predicted octanol–water partition coefficient (Wildman–Crippen LogP) is 1.92. The predicted molar refractivity (Wildman–Crippen MR) is 75.7 cm³/mol. The lowest BCUT2D eigenvalue weighted by atomic mass is 9.95. The second-order valence-electron chi connectivity index (χ2n) is 5.26. The molecule has 0 aliphatic carbocycles. The third-order valence-electron chi connectivity index (χ3n) is 3.93. The average Bonchev–Trinajstić information content (AvgIpc) is 2.47. The van der Waals surface area contributed by atoms with E-state index in [1.807, 2.05) is 0 Å². The van der Waals surface area contributed by atoms with Crippen molar-refractivity contribution in [2.45, 2.75) is 19.4 Å². The van der Waals surface area contributed by atoms with Gasteiger partial charge in [0.05, 0.1) is 6.10 Å². The van der Waals surface area contributed by atoms with Gasteiger partial charge in [0.15, 0.2) is 5.84 Å². The molecule has 21 heavy (non-hydrogen) atoms. The lowest BCUT2D eigenvalue weighted by molar-refractivity contribution is 0.0495. The van der Waals surface area contributed by atoms with Crippen LogP contribution >= 0.6 is 0 Å². The third-order valence-corrected chi connectivity index (χ3v) is 3.93. The van der Waals surface area contributed by atoms with Crippen molar-refractivity contribution >= 4 is 11.5 Å². The van der Waals surface area contributed by atoms with Crippen LogP contribution in [0.5, 0.6) is 0 Å². The minimum absolute atomic E-state index is 0.00455. The van der Waals surface area contributed by atoms with Crippen molar-refractivity contribution in [1.82, 2.24) is 0 Å². The van der Waals surface area contributed by atoms with Gasteiger partial charge in [0.1, 0.15) is 17.3 Å². The number of nitrogens with zero attached hydrogens (tertiary/aromatic N) is 2. The molecule has 0 bridgehead atoms. The summed E-state index contributed by atoms with van der Waals surface area (Å²) < 4.78 is 33.8. The first-order chi connectivity index (χ1) is 9.97. The van der Waals surface area contributed by atoms with E-state index in [1.165, 1.54) is 0 Å². The van der Waals surface area contributed by atoms with E-state index in [1.54, 1.807) is 12.0 Å². The zero-order chi connectivity index (χ0) is 15.6. The number of halogens is 2. The molecule has 2 unspecified atom stereocenters. The zero-order valence-corrected chi connectivity index (χ0v) is 12.0. The van der Waals surface area contributed by atoms with Crippen LogP contribution in [0.25, 0.3) is 0 Å². The van der Waals surface area contributed by atoms with E-state index < -0.39 is 11.6 Å². The van der Waals surface area contributed by atoms with Crippen LogP contribution in [0.2, 0.25) is 0 Å². The highest BCUT2D eigenvalue weighted by molar-refractivity contribution is 5.97. The molecule has 0 spiro atoms. The van der Waals surface area contributed by atoms with Gasteiger partial charge in [-0.05, 0) is 24.5 Å². The second kappa shape index (κ2) is 6.26. The van der Waals surface area contributed by atoms with Gasteiger partial charge in [0.2, 0.25) is 0 Å². The molecule has 0 aromatic heterocycles. The van der Waals surface area contributed by atoms with Crippen molar-refractivity contribution in [3.8, 4) is 0 Å². The smallest absolute Gasteiger partial charge is 0.170 e. The Hall–Kier alpha value is -1.89. The van der Waals surface area contributed by atoms with E-state index in [0.717, 1.165) is 18.6 Å². The standard InChI is InChI=1S/C14H19F2N3O2/c1-8-3-4-19(7-12(8)21-2)13-10(15)5-9(6-11(13)16)14(17)18-20/h5-6,8,12,20H,3-4,7H2,1-2H3,(H2,17,18). The average molecular weight is 299 g/mol. The number of anilines is 1. The molecule has 0 saturated carbocycles. The Bertz CT molecular complexity index is 528. The Balaban J connectivity index is 2.32. The van der Waals surface area contributed by atoms with E-state index in [9.17, 15) is 8.78 Å². The maximum Gasteiger partial charge on any atom is 0.170 e. The quantitative estimate of drug-likeness (QED) is 0.387. The number of piperidine rings is 1. The Morgan fingerprint density at radius 2 is 2.05 bits per heavy atom. The number of nitrogens with two attached hydrogens (primary N) is 1. The molecule has 1 aromatic carbocycles. The molecule has 7 heteroatoms. The molecule has 1 aliphatic heterocycles. The largest absolute Gasteiger partial charge is 0.409 e. The van der Waals surface area contributed by atoms with Crippen LogP contribution in [-0.4, -0.2) is 37.3 Å². The monoisotopic (exact) mass is 299 g/mol. The summed E-state index contributed by atoms with van der Waals surface area (Å²) in [5.74, 6) is -1.46. The number of amidine groups is 1. The van der Waals surface area contributed by atoms with Crippen LogP contribution in [0, 0.1) is 17.6 Å². The molecule has 2 atom stereocenters. The fourth-order valence-electron chi connectivity index (χ4n) is 2.62. The first kappa shape index (κ1) is 15.5. The molecule has 1 saturated heterocycles. The summed E-state index contributed by atoms with van der Waals surface area (Å²) in [5.41, 5.74) is 5.26. The molecule has 3 N–H and O–H groups in total. The van der Waals surface area contributed by atoms with Gasteiger partial charge < -0.3 is 20.6 Å². The highest BCUT2D eigenvalue weighted by Crippen LogP contribution is 2.30. The summed E-state index contributed by atoms with van der Waals surface area (Å²) in [7, 11) is 1.60. The van der Waals surface area contributed by atoms with Crippen molar-refractivity contribution in [2.24, 2.45) is 16.8 Å². The summed E-state index contributed by atoms with van der Waals surface area (Å²) in [4.78, 5) is 1.63. The summed E-state index contributed by atoms with van der Waals surface area (Å²) >= 11 is 0. The van der Waals surface area contributed by atoms with Gasteiger partial charge in [-0.3, -0.25) is 0 Å². The molecule has 1 fully saturated rings. The maximum absolute atomic E-state index is 14.2. The first-order valence-electron chi connectivity index (χ1n) is 6.72. The maximum atomic E-state index is 14.2. The van der Waals surface area contributed by atoms with Crippen LogP contribution in [0.15, 0.2) is 17.3 Å². The molecule has 1 aromatic rings. The van der Waals surface area contributed by atoms with E-state index in [0.29, 0.717) is 19.0 Å². The molecule has 2 rings (SSSR count). The lowest BCUT2D eigenvalue weighted by Gasteiger charge is -2.37. The van der Waals surface area contributed by atoms with Crippen LogP contribution in [0.1, 0.15) is 18.9 Å². The van der Waals surface area contributed by atoms with Crippen LogP contribution in [0.4, 0.5) is 14.5 Å². The number of benzene rings is 1. The summed E-state index contributed by atoms with van der Waals surface area (Å²) in [6.45, 7) is 3.03. The topological polar surface area (TPSA) is 71.1 Å².